The highest BCUT2D eigenvalue weighted by Gasteiger charge is 2.32. The van der Waals surface area contributed by atoms with Crippen LogP contribution < -0.4 is 10.6 Å². The molecule has 0 spiro atoms. The summed E-state index contributed by atoms with van der Waals surface area (Å²) in [6.07, 6.45) is 2.50. The van der Waals surface area contributed by atoms with Gasteiger partial charge in [0.2, 0.25) is 11.9 Å². The highest BCUT2D eigenvalue weighted by molar-refractivity contribution is 6.01. The number of likely N-dealkylation sites (tertiary alicyclic amines) is 1. The molecule has 114 valence electrons. The fourth-order valence-corrected chi connectivity index (χ4v) is 2.00. The maximum Gasteiger partial charge on any atom is 0.251 e. The second kappa shape index (κ2) is 6.47. The molecule has 1 aliphatic rings. The molecular formula is C13H18FN5O2. The first kappa shape index (κ1) is 15.1. The molecule has 1 atom stereocenters. The van der Waals surface area contributed by atoms with Gasteiger partial charge in [0.05, 0.1) is 6.20 Å². The van der Waals surface area contributed by atoms with Gasteiger partial charge >= 0.3 is 0 Å². The van der Waals surface area contributed by atoms with Crippen LogP contribution in [0.1, 0.15) is 26.2 Å². The predicted molar refractivity (Wildman–Crippen MR) is 75.2 cm³/mol. The standard InChI is InChI=1S/C13H18FN5O2/c1-3-6-15-13-16-7-8(14)11(18-13)17-9-4-5-10(20)19(2)12(9)21/h7,9H,3-6H2,1-2H3,(H2,15,16,17,18). The van der Waals surface area contributed by atoms with Crippen molar-refractivity contribution in [1.29, 1.82) is 0 Å². The van der Waals surface area contributed by atoms with Crippen LogP contribution in [0.3, 0.4) is 0 Å². The van der Waals surface area contributed by atoms with Gasteiger partial charge in [0, 0.05) is 20.0 Å². The van der Waals surface area contributed by atoms with Gasteiger partial charge in [-0.05, 0) is 12.8 Å². The Morgan fingerprint density at radius 2 is 2.24 bits per heavy atom. The Balaban J connectivity index is 2.11. The van der Waals surface area contributed by atoms with Crippen molar-refractivity contribution in [3.05, 3.63) is 12.0 Å². The van der Waals surface area contributed by atoms with Crippen LogP contribution in [0.2, 0.25) is 0 Å². The largest absolute Gasteiger partial charge is 0.356 e. The molecule has 0 aliphatic carbocycles. The Morgan fingerprint density at radius 3 is 2.95 bits per heavy atom. The van der Waals surface area contributed by atoms with Crippen LogP contribution in [0, 0.1) is 5.82 Å². The molecule has 1 aliphatic heterocycles. The van der Waals surface area contributed by atoms with E-state index in [2.05, 4.69) is 20.6 Å². The highest BCUT2D eigenvalue weighted by Crippen LogP contribution is 2.18. The lowest BCUT2D eigenvalue weighted by Gasteiger charge is -2.28. The maximum atomic E-state index is 13.7. The van der Waals surface area contributed by atoms with Crippen LogP contribution in [-0.2, 0) is 9.59 Å². The quantitative estimate of drug-likeness (QED) is 0.788. The molecular weight excluding hydrogens is 277 g/mol. The minimum atomic E-state index is -0.656. The molecule has 2 heterocycles. The molecule has 8 heteroatoms. The number of carbonyl (C=O) groups excluding carboxylic acids is 2. The van der Waals surface area contributed by atoms with Crippen molar-refractivity contribution in [2.75, 3.05) is 24.2 Å². The van der Waals surface area contributed by atoms with Gasteiger partial charge in [-0.2, -0.15) is 4.98 Å². The Hall–Kier alpha value is -2.25. The van der Waals surface area contributed by atoms with E-state index < -0.39 is 11.9 Å². The van der Waals surface area contributed by atoms with Crippen molar-refractivity contribution in [1.82, 2.24) is 14.9 Å². The predicted octanol–water partition coefficient (Wildman–Crippen LogP) is 0.997. The second-order valence-electron chi connectivity index (χ2n) is 4.84. The molecule has 1 saturated heterocycles. The van der Waals surface area contributed by atoms with E-state index in [1.807, 2.05) is 6.92 Å². The maximum absolute atomic E-state index is 13.7. The highest BCUT2D eigenvalue weighted by atomic mass is 19.1. The first-order chi connectivity index (χ1) is 10.0. The average Bonchev–Trinajstić information content (AvgIpc) is 2.48. The van der Waals surface area contributed by atoms with Crippen LogP contribution in [0.4, 0.5) is 16.2 Å². The van der Waals surface area contributed by atoms with Gasteiger partial charge in [0.1, 0.15) is 6.04 Å². The van der Waals surface area contributed by atoms with Crippen LogP contribution in [0.5, 0.6) is 0 Å². The SMILES string of the molecule is CCCNc1ncc(F)c(NC2CCC(=O)N(C)C2=O)n1. The van der Waals surface area contributed by atoms with Gasteiger partial charge in [0.15, 0.2) is 11.6 Å². The van der Waals surface area contributed by atoms with Crippen molar-refractivity contribution in [2.24, 2.45) is 0 Å². The molecule has 2 N–H and O–H groups in total. The third-order valence-electron chi connectivity index (χ3n) is 3.24. The van der Waals surface area contributed by atoms with Crippen LogP contribution >= 0.6 is 0 Å². The third kappa shape index (κ3) is 3.45. The number of amides is 2. The molecule has 0 saturated carbocycles. The molecule has 7 nitrogen and oxygen atoms in total. The molecule has 1 unspecified atom stereocenters. The third-order valence-corrected chi connectivity index (χ3v) is 3.24. The van der Waals surface area contributed by atoms with Gasteiger partial charge in [-0.15, -0.1) is 0 Å². The lowest BCUT2D eigenvalue weighted by atomic mass is 10.0. The summed E-state index contributed by atoms with van der Waals surface area (Å²) in [4.78, 5) is 32.3. The van der Waals surface area contributed by atoms with Crippen molar-refractivity contribution in [2.45, 2.75) is 32.2 Å². The molecule has 2 amide bonds. The lowest BCUT2D eigenvalue weighted by molar-refractivity contribution is -0.146. The van der Waals surface area contributed by atoms with Gasteiger partial charge < -0.3 is 10.6 Å². The summed E-state index contributed by atoms with van der Waals surface area (Å²) in [6.45, 7) is 2.66. The molecule has 1 aromatic heterocycles. The number of hydrogen-bond donors (Lipinski definition) is 2. The lowest BCUT2D eigenvalue weighted by Crippen LogP contribution is -2.48. The summed E-state index contributed by atoms with van der Waals surface area (Å²) in [5, 5.41) is 5.71. The summed E-state index contributed by atoms with van der Waals surface area (Å²) in [5.74, 6) is -0.985. The topological polar surface area (TPSA) is 87.2 Å². The van der Waals surface area contributed by atoms with Crippen molar-refractivity contribution >= 4 is 23.6 Å². The number of halogens is 1. The average molecular weight is 295 g/mol. The number of likely N-dealkylation sites (N-methyl/N-ethyl adjacent to an activating group) is 1. The van der Waals surface area contributed by atoms with E-state index in [1.165, 1.54) is 7.05 Å². The minimum Gasteiger partial charge on any atom is -0.356 e. The number of rotatable bonds is 5. The normalized spacial score (nSPS) is 18.8. The summed E-state index contributed by atoms with van der Waals surface area (Å²) in [5.41, 5.74) is 0. The molecule has 0 aromatic carbocycles. The van der Waals surface area contributed by atoms with Gasteiger partial charge in [-0.25, -0.2) is 9.37 Å². The van der Waals surface area contributed by atoms with Crippen molar-refractivity contribution in [3.63, 3.8) is 0 Å². The smallest absolute Gasteiger partial charge is 0.251 e. The fraction of sp³-hybridized carbons (Fsp3) is 0.538. The van der Waals surface area contributed by atoms with E-state index in [1.54, 1.807) is 0 Å². The van der Waals surface area contributed by atoms with Crippen LogP contribution in [-0.4, -0.2) is 46.3 Å². The van der Waals surface area contributed by atoms with Gasteiger partial charge in [0.25, 0.3) is 5.91 Å². The van der Waals surface area contributed by atoms with E-state index in [0.717, 1.165) is 17.5 Å². The summed E-state index contributed by atoms with van der Waals surface area (Å²) in [7, 11) is 1.42. The number of nitrogens with one attached hydrogen (secondary N) is 2. The van der Waals surface area contributed by atoms with Gasteiger partial charge in [-0.3, -0.25) is 14.5 Å². The Labute approximate surface area is 121 Å². The van der Waals surface area contributed by atoms with E-state index in [-0.39, 0.29) is 24.1 Å². The number of carbonyl (C=O) groups is 2. The van der Waals surface area contributed by atoms with E-state index in [0.29, 0.717) is 18.9 Å². The van der Waals surface area contributed by atoms with Crippen molar-refractivity contribution < 1.29 is 14.0 Å². The Kier molecular flexibility index (Phi) is 4.66. The van der Waals surface area contributed by atoms with Crippen LogP contribution in [0.15, 0.2) is 6.20 Å². The summed E-state index contributed by atoms with van der Waals surface area (Å²) < 4.78 is 13.7. The molecule has 21 heavy (non-hydrogen) atoms. The van der Waals surface area contributed by atoms with E-state index in [9.17, 15) is 14.0 Å². The second-order valence-corrected chi connectivity index (χ2v) is 4.84. The summed E-state index contributed by atoms with van der Waals surface area (Å²) in [6, 6.07) is -0.656. The van der Waals surface area contributed by atoms with E-state index >= 15 is 0 Å². The number of aromatic nitrogens is 2. The van der Waals surface area contributed by atoms with Gasteiger partial charge in [-0.1, -0.05) is 6.92 Å². The molecule has 2 rings (SSSR count). The molecule has 1 fully saturated rings. The zero-order valence-electron chi connectivity index (χ0n) is 12.0. The monoisotopic (exact) mass is 295 g/mol. The summed E-state index contributed by atoms with van der Waals surface area (Å²) >= 11 is 0. The molecule has 0 bridgehead atoms. The fourth-order valence-electron chi connectivity index (χ4n) is 2.00. The first-order valence-corrected chi connectivity index (χ1v) is 6.86. The van der Waals surface area contributed by atoms with Crippen LogP contribution in [0.25, 0.3) is 0 Å². The number of nitrogens with zero attached hydrogens (tertiary/aromatic N) is 3. The minimum absolute atomic E-state index is 0.0373. The number of imide groups is 1. The van der Waals surface area contributed by atoms with Crippen molar-refractivity contribution in [3.8, 4) is 0 Å². The zero-order valence-corrected chi connectivity index (χ0v) is 12.0. The van der Waals surface area contributed by atoms with E-state index in [4.69, 9.17) is 0 Å². The molecule has 1 aromatic rings. The number of piperidine rings is 1. The Morgan fingerprint density at radius 1 is 1.48 bits per heavy atom. The number of anilines is 2. The number of hydrogen-bond acceptors (Lipinski definition) is 6. The molecule has 0 radical (unpaired) electrons. The Bertz CT molecular complexity index is 551. The zero-order chi connectivity index (χ0) is 15.4. The first-order valence-electron chi connectivity index (χ1n) is 6.86.